The van der Waals surface area contributed by atoms with Crippen LogP contribution in [0.5, 0.6) is 0 Å². The zero-order valence-corrected chi connectivity index (χ0v) is 15.7. The molecule has 0 fully saturated rings. The molecule has 1 aliphatic heterocycles. The quantitative estimate of drug-likeness (QED) is 0.811. The molecule has 1 aromatic carbocycles. The molecule has 0 saturated carbocycles. The number of anilines is 1. The van der Waals surface area contributed by atoms with Gasteiger partial charge in [-0.05, 0) is 43.7 Å². The highest BCUT2D eigenvalue weighted by Gasteiger charge is 2.34. The number of nitrogens with one attached hydrogen (secondary N) is 1. The van der Waals surface area contributed by atoms with Gasteiger partial charge in [-0.15, -0.1) is 11.3 Å². The molecule has 0 saturated heterocycles. The summed E-state index contributed by atoms with van der Waals surface area (Å²) in [6, 6.07) is 7.32. The van der Waals surface area contributed by atoms with Crippen LogP contribution in [0.2, 0.25) is 0 Å². The Kier molecular flexibility index (Phi) is 4.44. The number of carbonyl (C=O) groups is 2. The van der Waals surface area contributed by atoms with Crippen molar-refractivity contribution in [3.63, 3.8) is 0 Å². The summed E-state index contributed by atoms with van der Waals surface area (Å²) in [7, 11) is 0. The predicted molar refractivity (Wildman–Crippen MR) is 99.7 cm³/mol. The summed E-state index contributed by atoms with van der Waals surface area (Å²) in [4.78, 5) is 25.9. The van der Waals surface area contributed by atoms with Crippen LogP contribution in [0.4, 0.5) is 5.00 Å². The van der Waals surface area contributed by atoms with Gasteiger partial charge in [0.15, 0.2) is 0 Å². The Labute approximate surface area is 156 Å². The molecule has 1 aliphatic carbocycles. The van der Waals surface area contributed by atoms with Crippen LogP contribution in [0.15, 0.2) is 24.3 Å². The summed E-state index contributed by atoms with van der Waals surface area (Å²) in [5.41, 5.74) is 3.07. The zero-order chi connectivity index (χ0) is 18.3. The van der Waals surface area contributed by atoms with Gasteiger partial charge >= 0.3 is 11.9 Å². The number of fused-ring (bicyclic) bond motifs is 2. The number of thiophene rings is 1. The number of hydrogen-bond donors (Lipinski definition) is 1. The molecular weight excluding hydrogens is 350 g/mol. The molecule has 136 valence electrons. The molecule has 0 radical (unpaired) electrons. The Morgan fingerprint density at radius 3 is 3.00 bits per heavy atom. The monoisotopic (exact) mass is 371 g/mol. The SMILES string of the molecule is CCOC(=O)c1c(N[C@@H]2OC(=O)c3ccccc32)sc2c1CC[C@H](C)C2. The van der Waals surface area contributed by atoms with Gasteiger partial charge < -0.3 is 14.8 Å². The summed E-state index contributed by atoms with van der Waals surface area (Å²) in [6.07, 6.45) is 2.33. The lowest BCUT2D eigenvalue weighted by molar-refractivity contribution is 0.0437. The minimum Gasteiger partial charge on any atom is -0.462 e. The summed E-state index contributed by atoms with van der Waals surface area (Å²) in [5, 5.41) is 4.02. The van der Waals surface area contributed by atoms with Gasteiger partial charge in [0, 0.05) is 10.4 Å². The number of hydrogen-bond acceptors (Lipinski definition) is 6. The van der Waals surface area contributed by atoms with Gasteiger partial charge in [0.05, 0.1) is 17.7 Å². The zero-order valence-electron chi connectivity index (χ0n) is 14.8. The number of carbonyl (C=O) groups excluding carboxylic acids is 2. The van der Waals surface area contributed by atoms with Gasteiger partial charge in [-0.1, -0.05) is 25.1 Å². The van der Waals surface area contributed by atoms with Gasteiger partial charge in [-0.2, -0.15) is 0 Å². The maximum Gasteiger partial charge on any atom is 0.341 e. The Hall–Kier alpha value is -2.34. The molecule has 2 atom stereocenters. The average molecular weight is 371 g/mol. The number of cyclic esters (lactones) is 1. The van der Waals surface area contributed by atoms with E-state index in [-0.39, 0.29) is 11.9 Å². The number of esters is 2. The van der Waals surface area contributed by atoms with E-state index in [9.17, 15) is 9.59 Å². The van der Waals surface area contributed by atoms with Crippen LogP contribution in [-0.2, 0) is 22.3 Å². The minimum atomic E-state index is -0.579. The second-order valence-corrected chi connectivity index (χ2v) is 7.90. The smallest absolute Gasteiger partial charge is 0.341 e. The van der Waals surface area contributed by atoms with Crippen molar-refractivity contribution in [3.8, 4) is 0 Å². The first-order valence-electron chi connectivity index (χ1n) is 8.96. The molecule has 2 aromatic rings. The third-order valence-electron chi connectivity index (χ3n) is 4.94. The summed E-state index contributed by atoms with van der Waals surface area (Å²) in [6.45, 7) is 4.37. The molecule has 0 amide bonds. The van der Waals surface area contributed by atoms with Crippen LogP contribution >= 0.6 is 11.3 Å². The van der Waals surface area contributed by atoms with E-state index >= 15 is 0 Å². The van der Waals surface area contributed by atoms with Crippen molar-refractivity contribution in [1.29, 1.82) is 0 Å². The van der Waals surface area contributed by atoms with Crippen LogP contribution in [0.1, 0.15) is 63.2 Å². The Balaban J connectivity index is 1.71. The van der Waals surface area contributed by atoms with E-state index in [4.69, 9.17) is 9.47 Å². The highest BCUT2D eigenvalue weighted by Crippen LogP contribution is 2.42. The fraction of sp³-hybridized carbons (Fsp3) is 0.400. The molecule has 2 heterocycles. The molecule has 0 bridgehead atoms. The largest absolute Gasteiger partial charge is 0.462 e. The summed E-state index contributed by atoms with van der Waals surface area (Å²) >= 11 is 1.58. The van der Waals surface area contributed by atoms with E-state index < -0.39 is 6.23 Å². The molecule has 26 heavy (non-hydrogen) atoms. The number of ether oxygens (including phenoxy) is 2. The first kappa shape index (κ1) is 17.1. The third kappa shape index (κ3) is 2.88. The first-order chi connectivity index (χ1) is 12.6. The summed E-state index contributed by atoms with van der Waals surface area (Å²) < 4.78 is 10.8. The van der Waals surface area contributed by atoms with Crippen LogP contribution in [0, 0.1) is 5.92 Å². The lowest BCUT2D eigenvalue weighted by Crippen LogP contribution is -2.16. The number of rotatable bonds is 4. The Morgan fingerprint density at radius 1 is 1.38 bits per heavy atom. The first-order valence-corrected chi connectivity index (χ1v) is 9.78. The van der Waals surface area contributed by atoms with Gasteiger partial charge in [-0.3, -0.25) is 0 Å². The van der Waals surface area contributed by atoms with Crippen LogP contribution in [0.25, 0.3) is 0 Å². The second kappa shape index (κ2) is 6.76. The normalized spacial score (nSPS) is 20.9. The van der Waals surface area contributed by atoms with Crippen molar-refractivity contribution in [2.24, 2.45) is 5.92 Å². The van der Waals surface area contributed by atoms with Crippen LogP contribution < -0.4 is 5.32 Å². The molecule has 0 unspecified atom stereocenters. The van der Waals surface area contributed by atoms with Crippen molar-refractivity contribution >= 4 is 28.3 Å². The molecule has 4 rings (SSSR count). The average Bonchev–Trinajstić information content (AvgIpc) is 3.13. The molecule has 0 spiro atoms. The van der Waals surface area contributed by atoms with Crippen molar-refractivity contribution in [2.75, 3.05) is 11.9 Å². The second-order valence-electron chi connectivity index (χ2n) is 6.79. The van der Waals surface area contributed by atoms with E-state index in [1.54, 1.807) is 24.3 Å². The maximum absolute atomic E-state index is 12.6. The third-order valence-corrected chi connectivity index (χ3v) is 6.13. The molecular formula is C20H21NO4S. The lowest BCUT2D eigenvalue weighted by Gasteiger charge is -2.18. The van der Waals surface area contributed by atoms with E-state index in [2.05, 4.69) is 12.2 Å². The van der Waals surface area contributed by atoms with E-state index in [0.29, 0.717) is 23.7 Å². The van der Waals surface area contributed by atoms with Crippen molar-refractivity contribution in [3.05, 3.63) is 51.4 Å². The van der Waals surface area contributed by atoms with Gasteiger partial charge in [0.2, 0.25) is 6.23 Å². The molecule has 1 N–H and O–H groups in total. The fourth-order valence-electron chi connectivity index (χ4n) is 3.64. The highest BCUT2D eigenvalue weighted by molar-refractivity contribution is 7.16. The van der Waals surface area contributed by atoms with E-state index in [1.165, 1.54) is 4.88 Å². The Morgan fingerprint density at radius 2 is 2.19 bits per heavy atom. The number of benzene rings is 1. The molecule has 6 heteroatoms. The van der Waals surface area contributed by atoms with Crippen molar-refractivity contribution in [2.45, 2.75) is 39.3 Å². The van der Waals surface area contributed by atoms with Crippen molar-refractivity contribution in [1.82, 2.24) is 0 Å². The lowest BCUT2D eigenvalue weighted by atomic mass is 9.88. The van der Waals surface area contributed by atoms with Gasteiger partial charge in [0.25, 0.3) is 0 Å². The van der Waals surface area contributed by atoms with Gasteiger partial charge in [0.1, 0.15) is 5.00 Å². The predicted octanol–water partition coefficient (Wildman–Crippen LogP) is 4.33. The standard InChI is InChI=1S/C20H21NO4S/c1-3-24-20(23)16-14-9-8-11(2)10-15(14)26-18(16)21-17-12-6-4-5-7-13(12)19(22)25-17/h4-7,11,17,21H,3,8-10H2,1-2H3/t11-,17+/m0/s1. The highest BCUT2D eigenvalue weighted by atomic mass is 32.1. The Bertz CT molecular complexity index is 873. The van der Waals surface area contributed by atoms with Crippen LogP contribution in [0.3, 0.4) is 0 Å². The topological polar surface area (TPSA) is 64.6 Å². The molecule has 5 nitrogen and oxygen atoms in total. The van der Waals surface area contributed by atoms with E-state index in [1.807, 2.05) is 18.2 Å². The summed E-state index contributed by atoms with van der Waals surface area (Å²) in [5.74, 6) is -0.0422. The molecule has 2 aliphatic rings. The van der Waals surface area contributed by atoms with Crippen LogP contribution in [-0.4, -0.2) is 18.5 Å². The van der Waals surface area contributed by atoms with Crippen molar-refractivity contribution < 1.29 is 19.1 Å². The van der Waals surface area contributed by atoms with Gasteiger partial charge in [-0.25, -0.2) is 9.59 Å². The fourth-order valence-corrected chi connectivity index (χ4v) is 5.06. The minimum absolute atomic E-state index is 0.306. The maximum atomic E-state index is 12.6. The molecule has 1 aromatic heterocycles. The van der Waals surface area contributed by atoms with E-state index in [0.717, 1.165) is 35.4 Å².